The summed E-state index contributed by atoms with van der Waals surface area (Å²) in [6, 6.07) is 18.4. The Hall–Kier alpha value is -3.20. The minimum Gasteiger partial charge on any atom is -0.507 e. The molecule has 0 spiro atoms. The summed E-state index contributed by atoms with van der Waals surface area (Å²) in [5, 5.41) is 14.6. The third-order valence-electron chi connectivity index (χ3n) is 4.44. The van der Waals surface area contributed by atoms with Crippen molar-refractivity contribution >= 4 is 32.6 Å². The quantitative estimate of drug-likeness (QED) is 0.265. The topological polar surface area (TPSA) is 28.4 Å². The minimum absolute atomic E-state index is 0.307. The Balaban J connectivity index is 2.04. The molecule has 0 aliphatic rings. The third-order valence-corrected chi connectivity index (χ3v) is 4.44. The molecule has 108 valence electrons. The van der Waals surface area contributed by atoms with Crippen LogP contribution in [0.2, 0.25) is 0 Å². The monoisotopic (exact) mass is 298 g/mol. The molecule has 0 fully saturated rings. The van der Waals surface area contributed by atoms with Gasteiger partial charge in [-0.15, -0.1) is 0 Å². The van der Waals surface area contributed by atoms with Gasteiger partial charge in [0.05, 0.1) is 10.8 Å². The molecule has 0 bridgehead atoms. The maximum atomic E-state index is 10.5. The van der Waals surface area contributed by atoms with Crippen LogP contribution in [0.15, 0.2) is 79.4 Å². The largest absolute Gasteiger partial charge is 0.507 e. The summed E-state index contributed by atoms with van der Waals surface area (Å²) in [4.78, 5) is 0. The number of pyridine rings is 4. The second-order valence-corrected chi connectivity index (χ2v) is 5.84. The number of rotatable bonds is 0. The molecule has 0 saturated carbocycles. The lowest BCUT2D eigenvalue weighted by molar-refractivity contribution is -0.510. The van der Waals surface area contributed by atoms with Crippen LogP contribution in [0.5, 0.6) is 5.75 Å². The van der Waals surface area contributed by atoms with Crippen LogP contribution in [-0.4, -0.2) is 5.11 Å². The Morgan fingerprint density at radius 3 is 2.04 bits per heavy atom. The van der Waals surface area contributed by atoms with E-state index in [0.717, 1.165) is 32.6 Å². The number of hydrogen-bond donors (Lipinski definition) is 1. The number of phenolic OH excluding ortho intramolecular Hbond substituents is 1. The van der Waals surface area contributed by atoms with Crippen LogP contribution in [0.4, 0.5) is 0 Å². The first kappa shape index (κ1) is 12.4. The molecule has 4 heterocycles. The predicted octanol–water partition coefficient (Wildman–Crippen LogP) is 3.18. The lowest BCUT2D eigenvalue weighted by Gasteiger charge is -2.05. The molecule has 0 unspecified atom stereocenters. The summed E-state index contributed by atoms with van der Waals surface area (Å²) in [5.74, 6) is 0.307. The fourth-order valence-electron chi connectivity index (χ4n) is 3.30. The molecule has 0 amide bonds. The van der Waals surface area contributed by atoms with Gasteiger partial charge in [0.2, 0.25) is 11.0 Å². The van der Waals surface area contributed by atoms with E-state index in [4.69, 9.17) is 0 Å². The van der Waals surface area contributed by atoms with Gasteiger partial charge in [0.15, 0.2) is 24.8 Å². The highest BCUT2D eigenvalue weighted by molar-refractivity contribution is 6.10. The van der Waals surface area contributed by atoms with E-state index < -0.39 is 0 Å². The highest BCUT2D eigenvalue weighted by Gasteiger charge is 2.14. The van der Waals surface area contributed by atoms with Crippen molar-refractivity contribution in [3.05, 3.63) is 79.4 Å². The van der Waals surface area contributed by atoms with Crippen LogP contribution in [0, 0.1) is 0 Å². The van der Waals surface area contributed by atoms with Crippen molar-refractivity contribution in [1.29, 1.82) is 0 Å². The summed E-state index contributed by atoms with van der Waals surface area (Å²) >= 11 is 0. The minimum atomic E-state index is 0.307. The summed E-state index contributed by atoms with van der Waals surface area (Å²) in [5.41, 5.74) is 2.24. The standard InChI is InChI=1S/C20H13N2O/c23-20-9-14-12-21-7-3-1-5-15(21)10-17(14)18-11-16-6-2-4-8-22(16)13-19(18)20/h1-13H/q+1/p+1. The molecule has 0 atom stereocenters. The van der Waals surface area contributed by atoms with Crippen LogP contribution in [-0.2, 0) is 0 Å². The second-order valence-electron chi connectivity index (χ2n) is 5.84. The number of fused-ring (bicyclic) bond motifs is 5. The van der Waals surface area contributed by atoms with Crippen LogP contribution >= 0.6 is 0 Å². The first-order valence-corrected chi connectivity index (χ1v) is 7.59. The van der Waals surface area contributed by atoms with Crippen molar-refractivity contribution in [3.8, 4) is 5.75 Å². The van der Waals surface area contributed by atoms with E-state index in [1.165, 1.54) is 0 Å². The van der Waals surface area contributed by atoms with Gasteiger partial charge in [-0.2, -0.15) is 8.80 Å². The van der Waals surface area contributed by atoms with Crippen LogP contribution < -0.4 is 8.80 Å². The molecule has 0 radical (unpaired) electrons. The van der Waals surface area contributed by atoms with Gasteiger partial charge in [-0.3, -0.25) is 0 Å². The number of phenols is 1. The summed E-state index contributed by atoms with van der Waals surface area (Å²) < 4.78 is 4.10. The molecule has 3 nitrogen and oxygen atoms in total. The number of aromatic nitrogens is 2. The Kier molecular flexibility index (Phi) is 2.36. The third kappa shape index (κ3) is 1.77. The van der Waals surface area contributed by atoms with Crippen LogP contribution in [0.1, 0.15) is 0 Å². The van der Waals surface area contributed by atoms with Crippen molar-refractivity contribution in [3.63, 3.8) is 0 Å². The molecule has 0 aliphatic carbocycles. The van der Waals surface area contributed by atoms with Crippen molar-refractivity contribution in [2.24, 2.45) is 0 Å². The highest BCUT2D eigenvalue weighted by atomic mass is 16.3. The number of aromatic hydroxyl groups is 1. The van der Waals surface area contributed by atoms with Gasteiger partial charge in [-0.25, -0.2) is 0 Å². The Labute approximate surface area is 132 Å². The molecule has 5 rings (SSSR count). The van der Waals surface area contributed by atoms with Gasteiger partial charge < -0.3 is 5.11 Å². The van der Waals surface area contributed by atoms with Gasteiger partial charge in [-0.1, -0.05) is 0 Å². The molecule has 1 N–H and O–H groups in total. The van der Waals surface area contributed by atoms with Gasteiger partial charge in [-0.05, 0) is 18.2 Å². The average Bonchev–Trinajstić information content (AvgIpc) is 2.59. The van der Waals surface area contributed by atoms with Crippen LogP contribution in [0.25, 0.3) is 32.6 Å². The van der Waals surface area contributed by atoms with Gasteiger partial charge in [0, 0.05) is 47.2 Å². The Morgan fingerprint density at radius 1 is 0.652 bits per heavy atom. The lowest BCUT2D eigenvalue weighted by Crippen LogP contribution is -2.21. The number of hydrogen-bond acceptors (Lipinski definition) is 1. The van der Waals surface area contributed by atoms with Crippen molar-refractivity contribution in [2.45, 2.75) is 0 Å². The molecule has 0 aliphatic heterocycles. The molecule has 23 heavy (non-hydrogen) atoms. The first-order valence-electron chi connectivity index (χ1n) is 7.59. The van der Waals surface area contributed by atoms with Crippen molar-refractivity contribution < 1.29 is 13.9 Å². The SMILES string of the molecule is Oc1cc2c[n+]3ccccc3cc2c2cc3cccc[n+]3cc12. The molecule has 5 aromatic rings. The van der Waals surface area contributed by atoms with E-state index >= 15 is 0 Å². The molecule has 3 heteroatoms. The van der Waals surface area contributed by atoms with Gasteiger partial charge in [0.1, 0.15) is 5.75 Å². The maximum Gasteiger partial charge on any atom is 0.211 e. The maximum absolute atomic E-state index is 10.5. The van der Waals surface area contributed by atoms with E-state index in [2.05, 4.69) is 34.9 Å². The molecule has 0 saturated heterocycles. The highest BCUT2D eigenvalue weighted by Crippen LogP contribution is 2.32. The fraction of sp³-hybridized carbons (Fsp3) is 0. The second kappa shape index (κ2) is 4.40. The zero-order valence-corrected chi connectivity index (χ0v) is 12.3. The van der Waals surface area contributed by atoms with Gasteiger partial charge in [0.25, 0.3) is 0 Å². The van der Waals surface area contributed by atoms with Crippen molar-refractivity contribution in [1.82, 2.24) is 0 Å². The molecule has 4 aromatic heterocycles. The Morgan fingerprint density at radius 2 is 1.30 bits per heavy atom. The number of benzene rings is 1. The Bertz CT molecular complexity index is 1230. The zero-order valence-electron chi connectivity index (χ0n) is 12.3. The summed E-state index contributed by atoms with van der Waals surface area (Å²) in [7, 11) is 0. The number of nitrogens with zero attached hydrogens (tertiary/aromatic N) is 2. The fourth-order valence-corrected chi connectivity index (χ4v) is 3.30. The average molecular weight is 298 g/mol. The molecular formula is C20H14N2O+2. The van der Waals surface area contributed by atoms with Crippen LogP contribution in [0.3, 0.4) is 0 Å². The van der Waals surface area contributed by atoms with Crippen molar-refractivity contribution in [2.75, 3.05) is 0 Å². The normalized spacial score (nSPS) is 11.7. The lowest BCUT2D eigenvalue weighted by atomic mass is 10.0. The van der Waals surface area contributed by atoms with E-state index in [9.17, 15) is 5.11 Å². The zero-order chi connectivity index (χ0) is 15.4. The summed E-state index contributed by atoms with van der Waals surface area (Å²) in [6.07, 6.45) is 8.06. The molecular weight excluding hydrogens is 284 g/mol. The van der Waals surface area contributed by atoms with E-state index in [-0.39, 0.29) is 0 Å². The smallest absolute Gasteiger partial charge is 0.211 e. The summed E-state index contributed by atoms with van der Waals surface area (Å²) in [6.45, 7) is 0. The first-order chi connectivity index (χ1) is 11.3. The predicted molar refractivity (Wildman–Crippen MR) is 89.4 cm³/mol. The molecule has 1 aromatic carbocycles. The van der Waals surface area contributed by atoms with Gasteiger partial charge >= 0.3 is 0 Å². The van der Waals surface area contributed by atoms with E-state index in [1.807, 2.05) is 53.3 Å². The van der Waals surface area contributed by atoms with E-state index in [1.54, 1.807) is 0 Å². The van der Waals surface area contributed by atoms with E-state index in [0.29, 0.717) is 5.75 Å².